The van der Waals surface area contributed by atoms with Crippen molar-refractivity contribution < 1.29 is 9.60 Å². The van der Waals surface area contributed by atoms with Crippen LogP contribution < -0.4 is 4.74 Å². The van der Waals surface area contributed by atoms with E-state index in [0.29, 0.717) is 28.6 Å². The van der Waals surface area contributed by atoms with Crippen LogP contribution in [0.1, 0.15) is 32.6 Å². The van der Waals surface area contributed by atoms with Crippen molar-refractivity contribution in [3.63, 3.8) is 0 Å². The van der Waals surface area contributed by atoms with Crippen LogP contribution in [-0.4, -0.2) is 11.5 Å². The monoisotopic (exact) mass is 298 g/mol. The minimum Gasteiger partial charge on any atom is -0.594 e. The minimum atomic E-state index is 0.432. The Hall–Kier alpha value is -2.36. The number of rotatable bonds is 8. The molecule has 4 nitrogen and oxygen atoms in total. The van der Waals surface area contributed by atoms with Crippen LogP contribution in [0.15, 0.2) is 59.7 Å². The van der Waals surface area contributed by atoms with Gasteiger partial charge in [0, 0.05) is 11.2 Å². The average Bonchev–Trinajstić information content (AvgIpc) is 2.56. The van der Waals surface area contributed by atoms with E-state index in [-0.39, 0.29) is 0 Å². The molecule has 0 amide bonds. The Morgan fingerprint density at radius 2 is 1.68 bits per heavy atom. The van der Waals surface area contributed by atoms with E-state index >= 15 is 0 Å². The molecular weight excluding hydrogens is 276 g/mol. The van der Waals surface area contributed by atoms with E-state index in [0.717, 1.165) is 12.8 Å². The molecule has 0 bridgehead atoms. The van der Waals surface area contributed by atoms with Gasteiger partial charge in [-0.25, -0.2) is 0 Å². The second-order valence-electron chi connectivity index (χ2n) is 5.09. The predicted molar refractivity (Wildman–Crippen MR) is 87.9 cm³/mol. The molecule has 2 aromatic rings. The van der Waals surface area contributed by atoms with E-state index in [1.54, 1.807) is 24.3 Å². The number of nitrogens with zero attached hydrogens (tertiary/aromatic N) is 2. The maximum absolute atomic E-state index is 12.2. The first-order valence-corrected chi connectivity index (χ1v) is 7.77. The van der Waals surface area contributed by atoms with Crippen molar-refractivity contribution in [1.29, 1.82) is 0 Å². The smallest absolute Gasteiger partial charge is 0.286 e. The number of para-hydroxylation sites is 2. The predicted octanol–water partition coefficient (Wildman–Crippen LogP) is 5.57. The summed E-state index contributed by atoms with van der Waals surface area (Å²) in [6, 6.07) is 16.4. The molecular formula is C18H22N2O2. The Balaban J connectivity index is 2.06. The second kappa shape index (κ2) is 8.82. The largest absolute Gasteiger partial charge is 0.594 e. The molecule has 116 valence electrons. The highest BCUT2D eigenvalue weighted by Gasteiger charge is 2.12. The molecule has 2 aromatic carbocycles. The quantitative estimate of drug-likeness (QED) is 0.277. The maximum Gasteiger partial charge on any atom is 0.286 e. The highest BCUT2D eigenvalue weighted by atomic mass is 16.5. The van der Waals surface area contributed by atoms with Gasteiger partial charge in [-0.2, -0.15) is 0 Å². The lowest BCUT2D eigenvalue weighted by atomic mass is 10.2. The van der Waals surface area contributed by atoms with Crippen LogP contribution in [0.3, 0.4) is 0 Å². The SMILES string of the molecule is CCCCCCOc1ccccc1[N+]([O-])=Nc1ccccc1. The fourth-order valence-corrected chi connectivity index (χ4v) is 2.10. The summed E-state index contributed by atoms with van der Waals surface area (Å²) in [4.78, 5) is 0.622. The first-order valence-electron chi connectivity index (χ1n) is 7.77. The van der Waals surface area contributed by atoms with E-state index in [2.05, 4.69) is 12.0 Å². The minimum absolute atomic E-state index is 0.432. The molecule has 4 heteroatoms. The zero-order chi connectivity index (χ0) is 15.6. The Morgan fingerprint density at radius 3 is 2.45 bits per heavy atom. The van der Waals surface area contributed by atoms with Crippen LogP contribution in [0.2, 0.25) is 0 Å². The standard InChI is InChI=1S/C18H22N2O2/c1-2-3-4-10-15-22-18-14-9-8-13-17(18)20(21)19-16-11-6-5-7-12-16/h5-9,11-14H,2-4,10,15H2,1H3. The summed E-state index contributed by atoms with van der Waals surface area (Å²) in [5, 5.41) is 16.3. The van der Waals surface area contributed by atoms with Crippen molar-refractivity contribution in [3.05, 3.63) is 59.8 Å². The van der Waals surface area contributed by atoms with Gasteiger partial charge in [0.25, 0.3) is 5.69 Å². The van der Waals surface area contributed by atoms with Crippen LogP contribution >= 0.6 is 0 Å². The number of hydrogen-bond donors (Lipinski definition) is 0. The lowest BCUT2D eigenvalue weighted by Gasteiger charge is -2.08. The molecule has 0 spiro atoms. The molecule has 0 atom stereocenters. The van der Waals surface area contributed by atoms with Crippen LogP contribution in [0, 0.1) is 5.21 Å². The molecule has 0 saturated heterocycles. The molecule has 0 aliphatic carbocycles. The Bertz CT molecular complexity index is 597. The summed E-state index contributed by atoms with van der Waals surface area (Å²) in [5.41, 5.74) is 1.05. The highest BCUT2D eigenvalue weighted by Crippen LogP contribution is 2.28. The molecule has 0 saturated carbocycles. The molecule has 0 aromatic heterocycles. The number of benzene rings is 2. The third kappa shape index (κ3) is 4.88. The summed E-state index contributed by atoms with van der Waals surface area (Å²) in [6.07, 6.45) is 4.55. The van der Waals surface area contributed by atoms with Crippen molar-refractivity contribution in [2.75, 3.05) is 6.61 Å². The first-order chi connectivity index (χ1) is 10.8. The molecule has 0 aliphatic heterocycles. The number of unbranched alkanes of at least 4 members (excludes halogenated alkanes) is 3. The lowest BCUT2D eigenvalue weighted by molar-refractivity contribution is -0.436. The molecule has 22 heavy (non-hydrogen) atoms. The van der Waals surface area contributed by atoms with Crippen molar-refractivity contribution in [2.24, 2.45) is 5.11 Å². The molecule has 0 radical (unpaired) electrons. The van der Waals surface area contributed by atoms with E-state index in [9.17, 15) is 5.21 Å². The van der Waals surface area contributed by atoms with Gasteiger partial charge in [-0.05, 0) is 29.5 Å². The third-order valence-corrected chi connectivity index (χ3v) is 3.29. The normalized spacial score (nSPS) is 11.4. The average molecular weight is 298 g/mol. The van der Waals surface area contributed by atoms with Gasteiger partial charge in [-0.3, -0.25) is 0 Å². The third-order valence-electron chi connectivity index (χ3n) is 3.29. The van der Waals surface area contributed by atoms with Gasteiger partial charge in [0.05, 0.1) is 6.61 Å². The molecule has 0 fully saturated rings. The number of ether oxygens (including phenoxy) is 1. The fraction of sp³-hybridized carbons (Fsp3) is 0.333. The van der Waals surface area contributed by atoms with Crippen LogP contribution in [0.4, 0.5) is 11.4 Å². The van der Waals surface area contributed by atoms with Gasteiger partial charge >= 0.3 is 0 Å². The number of hydrogen-bond acceptors (Lipinski definition) is 3. The summed E-state index contributed by atoms with van der Waals surface area (Å²) in [6.45, 7) is 2.80. The van der Waals surface area contributed by atoms with Crippen molar-refractivity contribution >= 4 is 11.4 Å². The van der Waals surface area contributed by atoms with Gasteiger partial charge in [0.15, 0.2) is 5.75 Å². The molecule has 0 heterocycles. The van der Waals surface area contributed by atoms with Gasteiger partial charge in [-0.15, -0.1) is 0 Å². The topological polar surface area (TPSA) is 47.7 Å². The van der Waals surface area contributed by atoms with Crippen molar-refractivity contribution in [1.82, 2.24) is 0 Å². The summed E-state index contributed by atoms with van der Waals surface area (Å²) >= 11 is 0. The Kier molecular flexibility index (Phi) is 6.42. The van der Waals surface area contributed by atoms with Crippen LogP contribution in [-0.2, 0) is 0 Å². The molecule has 0 aliphatic rings. The van der Waals surface area contributed by atoms with Gasteiger partial charge < -0.3 is 9.94 Å². The highest BCUT2D eigenvalue weighted by molar-refractivity contribution is 5.46. The van der Waals surface area contributed by atoms with E-state index in [4.69, 9.17) is 4.74 Å². The zero-order valence-corrected chi connectivity index (χ0v) is 12.9. The molecule has 0 unspecified atom stereocenters. The van der Waals surface area contributed by atoms with Gasteiger partial charge in [0.2, 0.25) is 0 Å². The van der Waals surface area contributed by atoms with Gasteiger partial charge in [0.1, 0.15) is 5.69 Å². The maximum atomic E-state index is 12.2. The first kappa shape index (κ1) is 16.0. The van der Waals surface area contributed by atoms with E-state index < -0.39 is 0 Å². The number of azo groups is 1. The van der Waals surface area contributed by atoms with Crippen LogP contribution in [0.25, 0.3) is 0 Å². The zero-order valence-electron chi connectivity index (χ0n) is 12.9. The summed E-state index contributed by atoms with van der Waals surface area (Å²) in [5.74, 6) is 0.577. The molecule has 2 rings (SSSR count). The molecule has 0 N–H and O–H groups in total. The van der Waals surface area contributed by atoms with Gasteiger partial charge in [-0.1, -0.05) is 56.5 Å². The van der Waals surface area contributed by atoms with Crippen molar-refractivity contribution in [2.45, 2.75) is 32.6 Å². The van der Waals surface area contributed by atoms with E-state index in [1.165, 1.54) is 12.8 Å². The Labute approximate surface area is 131 Å². The summed E-state index contributed by atoms with van der Waals surface area (Å²) in [7, 11) is 0. The lowest BCUT2D eigenvalue weighted by Crippen LogP contribution is -2.01. The summed E-state index contributed by atoms with van der Waals surface area (Å²) < 4.78 is 5.74. The fourth-order valence-electron chi connectivity index (χ4n) is 2.10. The van der Waals surface area contributed by atoms with E-state index in [1.807, 2.05) is 30.3 Å². The van der Waals surface area contributed by atoms with Crippen molar-refractivity contribution in [3.8, 4) is 5.75 Å². The van der Waals surface area contributed by atoms with Crippen LogP contribution in [0.5, 0.6) is 5.75 Å². The second-order valence-corrected chi connectivity index (χ2v) is 5.09. The Morgan fingerprint density at radius 1 is 0.955 bits per heavy atom.